The molecule has 0 aromatic heterocycles. The molecule has 1 aliphatic rings. The minimum Gasteiger partial charge on any atom is -0.497 e. The largest absolute Gasteiger partial charge is 0.497 e. The molecule has 1 N–H and O–H groups in total. The van der Waals surface area contributed by atoms with Crippen molar-refractivity contribution in [2.75, 3.05) is 12.4 Å². The first-order valence-electron chi connectivity index (χ1n) is 7.32. The van der Waals surface area contributed by atoms with Gasteiger partial charge in [0, 0.05) is 16.8 Å². The van der Waals surface area contributed by atoms with E-state index < -0.39 is 0 Å². The van der Waals surface area contributed by atoms with Crippen molar-refractivity contribution < 1.29 is 4.74 Å². The van der Waals surface area contributed by atoms with E-state index in [0.717, 1.165) is 23.6 Å². The molecule has 1 fully saturated rings. The lowest BCUT2D eigenvalue weighted by Gasteiger charge is -2.37. The number of nitrogens with one attached hydrogen (secondary N) is 1. The van der Waals surface area contributed by atoms with Gasteiger partial charge >= 0.3 is 0 Å². The normalized spacial score (nSPS) is 20.7. The monoisotopic (exact) mass is 301 g/mol. The van der Waals surface area contributed by atoms with Crippen molar-refractivity contribution in [2.24, 2.45) is 0 Å². The molecule has 3 heteroatoms. The number of anilines is 1. The molecule has 0 spiro atoms. The minimum absolute atomic E-state index is 0.543. The third-order valence-electron chi connectivity index (χ3n) is 4.25. The van der Waals surface area contributed by atoms with Crippen LogP contribution in [0.3, 0.4) is 0 Å². The molecule has 0 heterocycles. The smallest absolute Gasteiger partial charge is 0.119 e. The third-order valence-corrected chi connectivity index (χ3v) is 4.49. The van der Waals surface area contributed by atoms with Gasteiger partial charge in [-0.05, 0) is 67.1 Å². The van der Waals surface area contributed by atoms with Crippen LogP contribution in [-0.4, -0.2) is 13.2 Å². The van der Waals surface area contributed by atoms with Crippen LogP contribution < -0.4 is 10.1 Å². The lowest BCUT2D eigenvalue weighted by atomic mass is 9.76. The summed E-state index contributed by atoms with van der Waals surface area (Å²) in [6, 6.07) is 14.9. The summed E-state index contributed by atoms with van der Waals surface area (Å²) in [5, 5.41) is 4.45. The molecule has 2 aromatic rings. The predicted octanol–water partition coefficient (Wildman–Crippen LogP) is 5.02. The second-order valence-corrected chi connectivity index (χ2v) is 6.18. The van der Waals surface area contributed by atoms with Gasteiger partial charge in [-0.15, -0.1) is 0 Å². The van der Waals surface area contributed by atoms with E-state index in [-0.39, 0.29) is 0 Å². The SMILES string of the molecule is COc1ccc(NC2CC(c3cccc(Cl)c3)C2)c(C)c1. The van der Waals surface area contributed by atoms with Crippen molar-refractivity contribution in [1.82, 2.24) is 0 Å². The Morgan fingerprint density at radius 1 is 1.14 bits per heavy atom. The van der Waals surface area contributed by atoms with E-state index in [4.69, 9.17) is 16.3 Å². The van der Waals surface area contributed by atoms with Crippen LogP contribution in [0.5, 0.6) is 5.75 Å². The van der Waals surface area contributed by atoms with E-state index in [2.05, 4.69) is 36.5 Å². The summed E-state index contributed by atoms with van der Waals surface area (Å²) in [5.41, 5.74) is 3.78. The second kappa shape index (κ2) is 5.98. The number of methoxy groups -OCH3 is 1. The topological polar surface area (TPSA) is 21.3 Å². The number of ether oxygens (including phenoxy) is 1. The van der Waals surface area contributed by atoms with Crippen LogP contribution in [0.15, 0.2) is 42.5 Å². The third kappa shape index (κ3) is 3.16. The zero-order chi connectivity index (χ0) is 14.8. The van der Waals surface area contributed by atoms with Crippen LogP contribution in [0.4, 0.5) is 5.69 Å². The van der Waals surface area contributed by atoms with Crippen molar-refractivity contribution in [1.29, 1.82) is 0 Å². The van der Waals surface area contributed by atoms with Crippen molar-refractivity contribution in [2.45, 2.75) is 31.7 Å². The molecule has 3 rings (SSSR count). The molecule has 0 unspecified atom stereocenters. The molecule has 1 aliphatic carbocycles. The molecule has 0 aliphatic heterocycles. The van der Waals surface area contributed by atoms with Crippen molar-refractivity contribution >= 4 is 17.3 Å². The van der Waals surface area contributed by atoms with Crippen LogP contribution >= 0.6 is 11.6 Å². The summed E-state index contributed by atoms with van der Waals surface area (Å²) in [6.07, 6.45) is 2.32. The molecule has 1 saturated carbocycles. The average molecular weight is 302 g/mol. The zero-order valence-electron chi connectivity index (χ0n) is 12.4. The van der Waals surface area contributed by atoms with E-state index in [1.165, 1.54) is 16.8 Å². The van der Waals surface area contributed by atoms with Gasteiger partial charge in [-0.25, -0.2) is 0 Å². The van der Waals surface area contributed by atoms with Gasteiger partial charge in [-0.3, -0.25) is 0 Å². The van der Waals surface area contributed by atoms with Gasteiger partial charge in [0.2, 0.25) is 0 Å². The van der Waals surface area contributed by atoms with Gasteiger partial charge < -0.3 is 10.1 Å². The van der Waals surface area contributed by atoms with E-state index in [9.17, 15) is 0 Å². The Labute approximate surface area is 131 Å². The standard InChI is InChI=1S/C18H20ClNO/c1-12-8-17(21-2)6-7-18(12)20-16-10-14(11-16)13-4-3-5-15(19)9-13/h3-9,14,16,20H,10-11H2,1-2H3. The molecular formula is C18H20ClNO. The minimum atomic E-state index is 0.543. The lowest BCUT2D eigenvalue weighted by molar-refractivity contribution is 0.374. The molecule has 2 aromatic carbocycles. The number of rotatable bonds is 4. The van der Waals surface area contributed by atoms with Gasteiger partial charge in [0.15, 0.2) is 0 Å². The Hall–Kier alpha value is -1.67. The van der Waals surface area contributed by atoms with Gasteiger partial charge in [-0.1, -0.05) is 23.7 Å². The zero-order valence-corrected chi connectivity index (χ0v) is 13.2. The summed E-state index contributed by atoms with van der Waals surface area (Å²) in [4.78, 5) is 0. The fraction of sp³-hybridized carbons (Fsp3) is 0.333. The first kappa shape index (κ1) is 14.3. The van der Waals surface area contributed by atoms with Crippen LogP contribution in [0.1, 0.15) is 29.9 Å². The number of aryl methyl sites for hydroxylation is 1. The number of hydrogen-bond donors (Lipinski definition) is 1. The van der Waals surface area contributed by atoms with E-state index >= 15 is 0 Å². The maximum atomic E-state index is 6.06. The van der Waals surface area contributed by atoms with Crippen LogP contribution in [0, 0.1) is 6.92 Å². The molecule has 0 amide bonds. The highest BCUT2D eigenvalue weighted by Gasteiger charge is 2.30. The number of halogens is 1. The lowest BCUT2D eigenvalue weighted by Crippen LogP contribution is -2.34. The van der Waals surface area contributed by atoms with E-state index in [1.54, 1.807) is 7.11 Å². The maximum Gasteiger partial charge on any atom is 0.119 e. The van der Waals surface area contributed by atoms with Gasteiger partial charge in [0.25, 0.3) is 0 Å². The van der Waals surface area contributed by atoms with Gasteiger partial charge in [-0.2, -0.15) is 0 Å². The fourth-order valence-corrected chi connectivity index (χ4v) is 3.11. The first-order chi connectivity index (χ1) is 10.2. The Morgan fingerprint density at radius 2 is 1.95 bits per heavy atom. The van der Waals surface area contributed by atoms with Gasteiger partial charge in [0.05, 0.1) is 7.11 Å². The van der Waals surface area contributed by atoms with Crippen molar-refractivity contribution in [3.8, 4) is 5.75 Å². The summed E-state index contributed by atoms with van der Waals surface area (Å²) in [7, 11) is 1.70. The average Bonchev–Trinajstić information content (AvgIpc) is 2.43. The molecule has 2 nitrogen and oxygen atoms in total. The van der Waals surface area contributed by atoms with E-state index in [0.29, 0.717) is 12.0 Å². The quantitative estimate of drug-likeness (QED) is 0.856. The van der Waals surface area contributed by atoms with Gasteiger partial charge in [0.1, 0.15) is 5.75 Å². The Morgan fingerprint density at radius 3 is 2.62 bits per heavy atom. The summed E-state index contributed by atoms with van der Waals surface area (Å²) in [5.74, 6) is 1.53. The van der Waals surface area contributed by atoms with Crippen molar-refractivity contribution in [3.05, 3.63) is 58.6 Å². The molecule has 0 atom stereocenters. The summed E-state index contributed by atoms with van der Waals surface area (Å²) >= 11 is 6.06. The molecule has 0 radical (unpaired) electrons. The highest BCUT2D eigenvalue weighted by atomic mass is 35.5. The van der Waals surface area contributed by atoms with E-state index in [1.807, 2.05) is 18.2 Å². The molecule has 21 heavy (non-hydrogen) atoms. The summed E-state index contributed by atoms with van der Waals surface area (Å²) < 4.78 is 5.24. The molecule has 110 valence electrons. The highest BCUT2D eigenvalue weighted by Crippen LogP contribution is 2.39. The molecule has 0 saturated heterocycles. The number of benzene rings is 2. The predicted molar refractivity (Wildman–Crippen MR) is 88.6 cm³/mol. The Kier molecular flexibility index (Phi) is 4.07. The Balaban J connectivity index is 1.60. The summed E-state index contributed by atoms with van der Waals surface area (Å²) in [6.45, 7) is 2.11. The maximum absolute atomic E-state index is 6.06. The van der Waals surface area contributed by atoms with Crippen LogP contribution in [0.25, 0.3) is 0 Å². The number of hydrogen-bond acceptors (Lipinski definition) is 2. The first-order valence-corrected chi connectivity index (χ1v) is 7.70. The van der Waals surface area contributed by atoms with Crippen molar-refractivity contribution in [3.63, 3.8) is 0 Å². The Bertz CT molecular complexity index is 635. The second-order valence-electron chi connectivity index (χ2n) is 5.75. The molecule has 0 bridgehead atoms. The molecular weight excluding hydrogens is 282 g/mol. The van der Waals surface area contributed by atoms with Crippen LogP contribution in [-0.2, 0) is 0 Å². The van der Waals surface area contributed by atoms with Crippen LogP contribution in [0.2, 0.25) is 5.02 Å². The highest BCUT2D eigenvalue weighted by molar-refractivity contribution is 6.30. The fourth-order valence-electron chi connectivity index (χ4n) is 2.91.